The number of ether oxygens (including phenoxy) is 1. The summed E-state index contributed by atoms with van der Waals surface area (Å²) < 4.78 is 7.45. The van der Waals surface area contributed by atoms with E-state index in [0.717, 1.165) is 5.82 Å². The number of carbonyl (C=O) groups excluding carboxylic acids is 1. The Morgan fingerprint density at radius 1 is 1.29 bits per heavy atom. The van der Waals surface area contributed by atoms with E-state index >= 15 is 0 Å². The van der Waals surface area contributed by atoms with E-state index in [1.807, 2.05) is 31.0 Å². The van der Waals surface area contributed by atoms with Crippen LogP contribution in [-0.2, 0) is 4.74 Å². The minimum atomic E-state index is 0.00156. The van der Waals surface area contributed by atoms with Crippen LogP contribution in [0.1, 0.15) is 24.2 Å². The van der Waals surface area contributed by atoms with Gasteiger partial charge in [-0.15, -0.1) is 0 Å². The van der Waals surface area contributed by atoms with Crippen LogP contribution in [-0.4, -0.2) is 50.6 Å². The molecule has 6 heteroatoms. The van der Waals surface area contributed by atoms with Crippen molar-refractivity contribution in [1.82, 2.24) is 19.4 Å². The monoisotopic (exact) mass is 286 g/mol. The van der Waals surface area contributed by atoms with E-state index in [4.69, 9.17) is 4.74 Å². The average Bonchev–Trinajstić information content (AvgIpc) is 3.00. The summed E-state index contributed by atoms with van der Waals surface area (Å²) in [4.78, 5) is 22.6. The highest BCUT2D eigenvalue weighted by molar-refractivity contribution is 5.94. The van der Waals surface area contributed by atoms with Crippen LogP contribution >= 0.6 is 0 Å². The molecule has 0 saturated carbocycles. The Labute approximate surface area is 123 Å². The number of hydrogen-bond acceptors (Lipinski definition) is 4. The summed E-state index contributed by atoms with van der Waals surface area (Å²) in [5, 5.41) is 0. The molecule has 1 aliphatic heterocycles. The van der Waals surface area contributed by atoms with Gasteiger partial charge in [-0.3, -0.25) is 9.36 Å². The van der Waals surface area contributed by atoms with Crippen molar-refractivity contribution < 1.29 is 9.53 Å². The van der Waals surface area contributed by atoms with Crippen molar-refractivity contribution in [1.29, 1.82) is 0 Å². The summed E-state index contributed by atoms with van der Waals surface area (Å²) in [5.74, 6) is 0.745. The zero-order valence-electron chi connectivity index (χ0n) is 12.1. The summed E-state index contributed by atoms with van der Waals surface area (Å²) >= 11 is 0. The summed E-state index contributed by atoms with van der Waals surface area (Å²) in [5.41, 5.74) is 0.597. The predicted molar refractivity (Wildman–Crippen MR) is 77.3 cm³/mol. The zero-order chi connectivity index (χ0) is 14.8. The van der Waals surface area contributed by atoms with Gasteiger partial charge in [0.25, 0.3) is 5.91 Å². The molecular weight excluding hydrogens is 268 g/mol. The molecule has 1 amide bonds. The SMILES string of the molecule is C[C@H]1CN(C(=O)c2ccc(-n3ccnc3)nc2)C[C@H](C)O1. The highest BCUT2D eigenvalue weighted by Crippen LogP contribution is 2.14. The fourth-order valence-corrected chi connectivity index (χ4v) is 2.59. The lowest BCUT2D eigenvalue weighted by Gasteiger charge is -2.35. The summed E-state index contributed by atoms with van der Waals surface area (Å²) in [6.45, 7) is 5.20. The Hall–Kier alpha value is -2.21. The first-order valence-corrected chi connectivity index (χ1v) is 7.02. The summed E-state index contributed by atoms with van der Waals surface area (Å²) in [7, 11) is 0. The Morgan fingerprint density at radius 2 is 2.05 bits per heavy atom. The van der Waals surface area contributed by atoms with E-state index in [2.05, 4.69) is 9.97 Å². The maximum absolute atomic E-state index is 12.5. The van der Waals surface area contributed by atoms with E-state index in [9.17, 15) is 4.79 Å². The van der Waals surface area contributed by atoms with Gasteiger partial charge < -0.3 is 9.64 Å². The number of hydrogen-bond donors (Lipinski definition) is 0. The largest absolute Gasteiger partial charge is 0.372 e. The van der Waals surface area contributed by atoms with Crippen LogP contribution < -0.4 is 0 Å². The lowest BCUT2D eigenvalue weighted by Crippen LogP contribution is -2.48. The molecule has 0 aliphatic carbocycles. The molecule has 1 fully saturated rings. The zero-order valence-corrected chi connectivity index (χ0v) is 12.1. The quantitative estimate of drug-likeness (QED) is 0.839. The third-order valence-electron chi connectivity index (χ3n) is 3.47. The first kappa shape index (κ1) is 13.8. The van der Waals surface area contributed by atoms with Crippen LogP contribution in [0.2, 0.25) is 0 Å². The van der Waals surface area contributed by atoms with Gasteiger partial charge in [0.05, 0.1) is 17.8 Å². The van der Waals surface area contributed by atoms with E-state index in [-0.39, 0.29) is 18.1 Å². The molecule has 3 heterocycles. The standard InChI is InChI=1S/C15H18N4O2/c1-11-8-19(9-12(2)21-11)15(20)13-3-4-14(17-7-13)18-6-5-16-10-18/h3-7,10-12H,8-9H2,1-2H3/t11-,12-/m0/s1. The van der Waals surface area contributed by atoms with Gasteiger partial charge in [0.2, 0.25) is 0 Å². The highest BCUT2D eigenvalue weighted by atomic mass is 16.5. The van der Waals surface area contributed by atoms with Crippen LogP contribution in [0.15, 0.2) is 37.1 Å². The molecule has 3 rings (SSSR count). The molecule has 0 unspecified atom stereocenters. The smallest absolute Gasteiger partial charge is 0.255 e. The van der Waals surface area contributed by atoms with Gasteiger partial charge in [-0.05, 0) is 26.0 Å². The Morgan fingerprint density at radius 3 is 2.62 bits per heavy atom. The van der Waals surface area contributed by atoms with Crippen molar-refractivity contribution >= 4 is 5.91 Å². The maximum Gasteiger partial charge on any atom is 0.255 e. The average molecular weight is 286 g/mol. The number of carbonyl (C=O) groups is 1. The molecule has 1 saturated heterocycles. The maximum atomic E-state index is 12.5. The number of rotatable bonds is 2. The predicted octanol–water partition coefficient (Wildman–Crippen LogP) is 1.52. The molecule has 0 N–H and O–H groups in total. The molecule has 1 aliphatic rings. The molecule has 0 aromatic carbocycles. The molecule has 2 atom stereocenters. The molecule has 2 aromatic heterocycles. The van der Waals surface area contributed by atoms with Crippen molar-refractivity contribution in [2.45, 2.75) is 26.1 Å². The third kappa shape index (κ3) is 2.95. The number of amides is 1. The fraction of sp³-hybridized carbons (Fsp3) is 0.400. The molecule has 0 spiro atoms. The molecule has 110 valence electrons. The molecule has 21 heavy (non-hydrogen) atoms. The topological polar surface area (TPSA) is 60.2 Å². The molecular formula is C15H18N4O2. The normalized spacial score (nSPS) is 22.3. The van der Waals surface area contributed by atoms with Gasteiger partial charge in [0.1, 0.15) is 12.1 Å². The van der Waals surface area contributed by atoms with E-state index < -0.39 is 0 Å². The van der Waals surface area contributed by atoms with Gasteiger partial charge in [0.15, 0.2) is 0 Å². The van der Waals surface area contributed by atoms with Crippen molar-refractivity contribution in [3.8, 4) is 5.82 Å². The van der Waals surface area contributed by atoms with Gasteiger partial charge in [0, 0.05) is 31.7 Å². The van der Waals surface area contributed by atoms with Crippen LogP contribution in [0, 0.1) is 0 Å². The summed E-state index contributed by atoms with van der Waals surface area (Å²) in [6.07, 6.45) is 6.93. The second-order valence-electron chi connectivity index (χ2n) is 5.34. The van der Waals surface area contributed by atoms with E-state index in [1.54, 1.807) is 29.4 Å². The van der Waals surface area contributed by atoms with Crippen LogP contribution in [0.5, 0.6) is 0 Å². The van der Waals surface area contributed by atoms with Crippen LogP contribution in [0.25, 0.3) is 5.82 Å². The molecule has 6 nitrogen and oxygen atoms in total. The third-order valence-corrected chi connectivity index (χ3v) is 3.47. The number of imidazole rings is 1. The van der Waals surface area contributed by atoms with Gasteiger partial charge >= 0.3 is 0 Å². The molecule has 0 bridgehead atoms. The Bertz CT molecular complexity index is 599. The van der Waals surface area contributed by atoms with Crippen molar-refractivity contribution in [2.24, 2.45) is 0 Å². The summed E-state index contributed by atoms with van der Waals surface area (Å²) in [6, 6.07) is 3.62. The van der Waals surface area contributed by atoms with E-state index in [0.29, 0.717) is 18.7 Å². The highest BCUT2D eigenvalue weighted by Gasteiger charge is 2.26. The van der Waals surface area contributed by atoms with Gasteiger partial charge in [-0.2, -0.15) is 0 Å². The number of pyridine rings is 1. The molecule has 0 radical (unpaired) electrons. The van der Waals surface area contributed by atoms with Crippen LogP contribution in [0.3, 0.4) is 0 Å². The fourth-order valence-electron chi connectivity index (χ4n) is 2.59. The van der Waals surface area contributed by atoms with Gasteiger partial charge in [-0.25, -0.2) is 9.97 Å². The van der Waals surface area contributed by atoms with Crippen molar-refractivity contribution in [3.63, 3.8) is 0 Å². The lowest BCUT2D eigenvalue weighted by atomic mass is 10.2. The number of nitrogens with zero attached hydrogens (tertiary/aromatic N) is 4. The number of aromatic nitrogens is 3. The minimum Gasteiger partial charge on any atom is -0.372 e. The van der Waals surface area contributed by atoms with E-state index in [1.165, 1.54) is 0 Å². The first-order valence-electron chi connectivity index (χ1n) is 7.02. The number of morpholine rings is 1. The van der Waals surface area contributed by atoms with Crippen LogP contribution in [0.4, 0.5) is 0 Å². The Kier molecular flexibility index (Phi) is 3.70. The minimum absolute atomic E-state index is 0.00156. The second kappa shape index (κ2) is 5.65. The second-order valence-corrected chi connectivity index (χ2v) is 5.34. The molecule has 2 aromatic rings. The lowest BCUT2D eigenvalue weighted by molar-refractivity contribution is -0.0586. The van der Waals surface area contributed by atoms with Crippen molar-refractivity contribution in [2.75, 3.05) is 13.1 Å². The van der Waals surface area contributed by atoms with Gasteiger partial charge in [-0.1, -0.05) is 0 Å². The first-order chi connectivity index (χ1) is 10.1. The Balaban J connectivity index is 1.76. The van der Waals surface area contributed by atoms with Crippen molar-refractivity contribution in [3.05, 3.63) is 42.6 Å².